The summed E-state index contributed by atoms with van der Waals surface area (Å²) in [7, 11) is 0. The Kier molecular flexibility index (Phi) is 6.13. The molecular weight excluding hydrogens is 388 g/mol. The molecule has 4 rings (SSSR count). The first-order chi connectivity index (χ1) is 14.1. The summed E-state index contributed by atoms with van der Waals surface area (Å²) in [6.07, 6.45) is 1.24. The summed E-state index contributed by atoms with van der Waals surface area (Å²) in [4.78, 5) is 22.0. The molecule has 152 valence electrons. The minimum absolute atomic E-state index is 0.0912. The van der Waals surface area contributed by atoms with E-state index in [2.05, 4.69) is 44.5 Å². The van der Waals surface area contributed by atoms with Crippen molar-refractivity contribution in [3.05, 3.63) is 64.4 Å². The molecule has 1 atom stereocenters. The van der Waals surface area contributed by atoms with Crippen LogP contribution < -0.4 is 5.32 Å². The Morgan fingerprint density at radius 3 is 2.97 bits per heavy atom. The molecule has 0 bridgehead atoms. The highest BCUT2D eigenvalue weighted by Crippen LogP contribution is 2.19. The number of aromatic nitrogens is 2. The van der Waals surface area contributed by atoms with Gasteiger partial charge >= 0.3 is 0 Å². The fourth-order valence-electron chi connectivity index (χ4n) is 3.78. The number of β-amino-alcohol motifs (C(OH)–C–C–N with tert-alkyl or cyclic N) is 1. The maximum Gasteiger partial charge on any atom is 0.220 e. The molecule has 6 nitrogen and oxygen atoms in total. The lowest BCUT2D eigenvalue weighted by Gasteiger charge is -2.30. The highest BCUT2D eigenvalue weighted by molar-refractivity contribution is 6.31. The number of nitrogens with one attached hydrogen (secondary N) is 2. The number of fused-ring (bicyclic) bond motifs is 2. The van der Waals surface area contributed by atoms with Crippen LogP contribution in [0.15, 0.2) is 42.5 Å². The van der Waals surface area contributed by atoms with Crippen molar-refractivity contribution < 1.29 is 9.90 Å². The number of aryl methyl sites for hydroxylation is 1. The smallest absolute Gasteiger partial charge is 0.220 e. The van der Waals surface area contributed by atoms with Gasteiger partial charge < -0.3 is 15.4 Å². The normalized spacial score (nSPS) is 15.2. The summed E-state index contributed by atoms with van der Waals surface area (Å²) in [5, 5.41) is 13.8. The first kappa shape index (κ1) is 19.9. The van der Waals surface area contributed by atoms with Gasteiger partial charge in [-0.2, -0.15) is 0 Å². The van der Waals surface area contributed by atoms with Crippen molar-refractivity contribution in [2.45, 2.75) is 31.9 Å². The number of hydrogen-bond acceptors (Lipinski definition) is 4. The zero-order valence-corrected chi connectivity index (χ0v) is 17.0. The van der Waals surface area contributed by atoms with E-state index in [1.807, 2.05) is 12.1 Å². The molecule has 3 aromatic rings. The fourth-order valence-corrected chi connectivity index (χ4v) is 3.95. The molecule has 7 heteroatoms. The van der Waals surface area contributed by atoms with Gasteiger partial charge in [-0.3, -0.25) is 9.69 Å². The molecule has 0 radical (unpaired) electrons. The second-order valence-corrected chi connectivity index (χ2v) is 7.99. The molecule has 1 aromatic heterocycles. The van der Waals surface area contributed by atoms with Crippen LogP contribution in [0.4, 0.5) is 0 Å². The van der Waals surface area contributed by atoms with Crippen LogP contribution in [0.2, 0.25) is 5.02 Å². The van der Waals surface area contributed by atoms with Crippen molar-refractivity contribution in [2.24, 2.45) is 0 Å². The standard InChI is InChI=1S/C22H25ClN4O2/c23-17-5-6-19-20(11-17)26-21(25-19)7-8-22(29)24-12-18(28)14-27-10-9-15-3-1-2-4-16(15)13-27/h1-6,11,18,28H,7-10,12-14H2,(H,24,29)(H,25,26)/t18-/m0/s1. The molecule has 3 N–H and O–H groups in total. The van der Waals surface area contributed by atoms with Gasteiger partial charge in [-0.15, -0.1) is 0 Å². The number of halogens is 1. The number of hydrogen-bond donors (Lipinski definition) is 3. The van der Waals surface area contributed by atoms with Crippen molar-refractivity contribution in [2.75, 3.05) is 19.6 Å². The fraction of sp³-hybridized carbons (Fsp3) is 0.364. The molecule has 0 saturated carbocycles. The van der Waals surface area contributed by atoms with Crippen LogP contribution in [-0.4, -0.2) is 51.6 Å². The molecule has 0 fully saturated rings. The molecule has 29 heavy (non-hydrogen) atoms. The van der Waals surface area contributed by atoms with Crippen LogP contribution in [0.5, 0.6) is 0 Å². The Labute approximate surface area is 174 Å². The monoisotopic (exact) mass is 412 g/mol. The lowest BCUT2D eigenvalue weighted by Crippen LogP contribution is -2.42. The lowest BCUT2D eigenvalue weighted by atomic mass is 10.00. The summed E-state index contributed by atoms with van der Waals surface area (Å²) in [5.41, 5.74) is 4.41. The highest BCUT2D eigenvalue weighted by atomic mass is 35.5. The number of H-pyrrole nitrogens is 1. The van der Waals surface area contributed by atoms with Gasteiger partial charge in [0.05, 0.1) is 17.1 Å². The number of aliphatic hydroxyl groups excluding tert-OH is 1. The van der Waals surface area contributed by atoms with Gasteiger partial charge in [0.2, 0.25) is 5.91 Å². The maximum absolute atomic E-state index is 12.1. The van der Waals surface area contributed by atoms with Crippen molar-refractivity contribution >= 4 is 28.5 Å². The molecule has 0 aliphatic carbocycles. The number of imidazole rings is 1. The minimum atomic E-state index is -0.586. The van der Waals surface area contributed by atoms with Crippen molar-refractivity contribution in [1.82, 2.24) is 20.2 Å². The quantitative estimate of drug-likeness (QED) is 0.557. The number of rotatable bonds is 7. The second-order valence-electron chi connectivity index (χ2n) is 7.56. The number of benzene rings is 2. The number of nitrogens with zero attached hydrogens (tertiary/aromatic N) is 2. The maximum atomic E-state index is 12.1. The summed E-state index contributed by atoms with van der Waals surface area (Å²) in [6, 6.07) is 13.9. The zero-order chi connectivity index (χ0) is 20.2. The average molecular weight is 413 g/mol. The van der Waals surface area contributed by atoms with E-state index in [0.717, 1.165) is 36.4 Å². The largest absolute Gasteiger partial charge is 0.390 e. The number of aromatic amines is 1. The first-order valence-electron chi connectivity index (χ1n) is 9.95. The number of amides is 1. The van der Waals surface area contributed by atoms with Gasteiger partial charge in [0, 0.05) is 44.0 Å². The Balaban J connectivity index is 1.20. The van der Waals surface area contributed by atoms with Crippen LogP contribution in [0.3, 0.4) is 0 Å². The van der Waals surface area contributed by atoms with E-state index in [0.29, 0.717) is 24.4 Å². The zero-order valence-electron chi connectivity index (χ0n) is 16.2. The molecule has 0 saturated heterocycles. The van der Waals surface area contributed by atoms with Gasteiger partial charge in [-0.25, -0.2) is 4.98 Å². The topological polar surface area (TPSA) is 81.2 Å². The van der Waals surface area contributed by atoms with E-state index in [1.165, 1.54) is 11.1 Å². The van der Waals surface area contributed by atoms with Crippen LogP contribution in [0, 0.1) is 0 Å². The summed E-state index contributed by atoms with van der Waals surface area (Å²) < 4.78 is 0. The van der Waals surface area contributed by atoms with E-state index in [4.69, 9.17) is 11.6 Å². The molecule has 1 aliphatic heterocycles. The molecule has 0 spiro atoms. The van der Waals surface area contributed by atoms with Gasteiger partial charge in [-0.1, -0.05) is 35.9 Å². The Morgan fingerprint density at radius 2 is 2.10 bits per heavy atom. The molecular formula is C22H25ClN4O2. The summed E-state index contributed by atoms with van der Waals surface area (Å²) >= 11 is 5.98. The third-order valence-corrected chi connectivity index (χ3v) is 5.53. The van der Waals surface area contributed by atoms with Gasteiger partial charge in [-0.05, 0) is 35.7 Å². The number of carbonyl (C=O) groups excluding carboxylic acids is 1. The van der Waals surface area contributed by atoms with E-state index in [1.54, 1.807) is 6.07 Å². The predicted octanol–water partition coefficient (Wildman–Crippen LogP) is 2.68. The molecule has 2 heterocycles. The van der Waals surface area contributed by atoms with Gasteiger partial charge in [0.1, 0.15) is 5.82 Å². The molecule has 1 amide bonds. The average Bonchev–Trinajstić information content (AvgIpc) is 3.12. The van der Waals surface area contributed by atoms with Crippen LogP contribution >= 0.6 is 11.6 Å². The van der Waals surface area contributed by atoms with Crippen LogP contribution in [0.1, 0.15) is 23.4 Å². The molecule has 2 aromatic carbocycles. The number of aliphatic hydroxyl groups is 1. The third-order valence-electron chi connectivity index (χ3n) is 5.30. The highest BCUT2D eigenvalue weighted by Gasteiger charge is 2.18. The van der Waals surface area contributed by atoms with E-state index < -0.39 is 6.10 Å². The summed E-state index contributed by atoms with van der Waals surface area (Å²) in [6.45, 7) is 2.58. The SMILES string of the molecule is O=C(CCc1nc2ccc(Cl)cc2[nH]1)NC[C@H](O)CN1CCc2ccccc2C1. The molecule has 0 unspecified atom stereocenters. The Morgan fingerprint density at radius 1 is 1.28 bits per heavy atom. The second kappa shape index (κ2) is 8.95. The predicted molar refractivity (Wildman–Crippen MR) is 114 cm³/mol. The van der Waals surface area contributed by atoms with Gasteiger partial charge in [0.25, 0.3) is 0 Å². The van der Waals surface area contributed by atoms with E-state index in [9.17, 15) is 9.90 Å². The lowest BCUT2D eigenvalue weighted by molar-refractivity contribution is -0.121. The first-order valence-corrected chi connectivity index (χ1v) is 10.3. The van der Waals surface area contributed by atoms with Crippen LogP contribution in [0.25, 0.3) is 11.0 Å². The van der Waals surface area contributed by atoms with Crippen LogP contribution in [-0.2, 0) is 24.2 Å². The molecule has 1 aliphatic rings. The van der Waals surface area contributed by atoms with Crippen molar-refractivity contribution in [3.63, 3.8) is 0 Å². The Hall–Kier alpha value is -2.41. The summed E-state index contributed by atoms with van der Waals surface area (Å²) in [5.74, 6) is 0.663. The third kappa shape index (κ3) is 5.15. The Bertz CT molecular complexity index is 1000. The minimum Gasteiger partial charge on any atom is -0.390 e. The van der Waals surface area contributed by atoms with Crippen molar-refractivity contribution in [3.8, 4) is 0 Å². The van der Waals surface area contributed by atoms with Gasteiger partial charge in [0.15, 0.2) is 0 Å². The number of carbonyl (C=O) groups is 1. The van der Waals surface area contributed by atoms with Crippen molar-refractivity contribution in [1.29, 1.82) is 0 Å². The van der Waals surface area contributed by atoms with E-state index >= 15 is 0 Å². The van der Waals surface area contributed by atoms with E-state index in [-0.39, 0.29) is 12.5 Å².